The normalized spacial score (nSPS) is 12.7. The van der Waals surface area contributed by atoms with E-state index in [1.165, 1.54) is 15.8 Å². The Labute approximate surface area is 105 Å². The van der Waals surface area contributed by atoms with E-state index in [9.17, 15) is 0 Å². The fourth-order valence-electron chi connectivity index (χ4n) is 1.28. The molecule has 0 bridgehead atoms. The molecule has 1 aromatic rings. The van der Waals surface area contributed by atoms with Gasteiger partial charge in [0, 0.05) is 21.2 Å². The maximum atomic E-state index is 3.57. The molecular formula is C12H18BrNS. The van der Waals surface area contributed by atoms with Crippen molar-refractivity contribution in [2.45, 2.75) is 30.4 Å². The zero-order chi connectivity index (χ0) is 11.1. The van der Waals surface area contributed by atoms with E-state index in [1.54, 1.807) is 0 Å². The molecule has 1 rings (SSSR count). The van der Waals surface area contributed by atoms with E-state index < -0.39 is 0 Å². The lowest BCUT2D eigenvalue weighted by Gasteiger charge is -2.12. The van der Waals surface area contributed by atoms with Crippen LogP contribution in [0, 0.1) is 0 Å². The summed E-state index contributed by atoms with van der Waals surface area (Å²) in [5.74, 6) is 0. The summed E-state index contributed by atoms with van der Waals surface area (Å²) < 4.78 is 1.19. The van der Waals surface area contributed by atoms with Gasteiger partial charge in [0.05, 0.1) is 0 Å². The minimum Gasteiger partial charge on any atom is -0.316 e. The molecule has 0 amide bonds. The Morgan fingerprint density at radius 1 is 1.40 bits per heavy atom. The summed E-state index contributed by atoms with van der Waals surface area (Å²) in [5, 5.41) is 4.05. The smallest absolute Gasteiger partial charge is 0.0311 e. The maximum absolute atomic E-state index is 3.57. The molecule has 0 spiro atoms. The van der Waals surface area contributed by atoms with Crippen molar-refractivity contribution in [3.05, 3.63) is 28.7 Å². The van der Waals surface area contributed by atoms with Crippen LogP contribution in [0.2, 0.25) is 0 Å². The molecule has 0 saturated carbocycles. The van der Waals surface area contributed by atoms with E-state index >= 15 is 0 Å². The highest BCUT2D eigenvalue weighted by Gasteiger charge is 2.05. The van der Waals surface area contributed by atoms with Gasteiger partial charge in [0.1, 0.15) is 0 Å². The molecule has 0 aromatic heterocycles. The van der Waals surface area contributed by atoms with Crippen molar-refractivity contribution >= 4 is 27.7 Å². The largest absolute Gasteiger partial charge is 0.316 e. The first kappa shape index (κ1) is 13.1. The third-order valence-corrected chi connectivity index (χ3v) is 4.16. The van der Waals surface area contributed by atoms with Crippen molar-refractivity contribution in [3.8, 4) is 0 Å². The van der Waals surface area contributed by atoms with Crippen molar-refractivity contribution in [1.82, 2.24) is 5.32 Å². The molecule has 0 aliphatic carbocycles. The molecule has 1 aromatic carbocycles. The van der Waals surface area contributed by atoms with E-state index in [1.807, 2.05) is 17.8 Å². The van der Waals surface area contributed by atoms with Gasteiger partial charge in [-0.05, 0) is 41.0 Å². The van der Waals surface area contributed by atoms with Crippen LogP contribution in [0.3, 0.4) is 0 Å². The van der Waals surface area contributed by atoms with Crippen molar-refractivity contribution in [2.24, 2.45) is 0 Å². The van der Waals surface area contributed by atoms with E-state index in [2.05, 4.69) is 53.3 Å². The van der Waals surface area contributed by atoms with Gasteiger partial charge in [0.2, 0.25) is 0 Å². The first-order chi connectivity index (χ1) is 7.24. The Bertz CT molecular complexity index is 291. The van der Waals surface area contributed by atoms with Gasteiger partial charge in [-0.2, -0.15) is 0 Å². The minimum absolute atomic E-state index is 0.607. The van der Waals surface area contributed by atoms with Crippen LogP contribution in [0.5, 0.6) is 0 Å². The Balaban J connectivity index is 2.37. The van der Waals surface area contributed by atoms with Crippen LogP contribution in [0.25, 0.3) is 0 Å². The van der Waals surface area contributed by atoms with Gasteiger partial charge in [-0.3, -0.25) is 0 Å². The molecule has 3 heteroatoms. The summed E-state index contributed by atoms with van der Waals surface area (Å²) in [6.07, 6.45) is 1.20. The minimum atomic E-state index is 0.607. The second-order valence-electron chi connectivity index (χ2n) is 3.56. The molecule has 0 saturated heterocycles. The predicted octanol–water partition coefficient (Wildman–Crippen LogP) is 3.93. The van der Waals surface area contributed by atoms with Crippen LogP contribution in [0.1, 0.15) is 20.3 Å². The second kappa shape index (κ2) is 7.31. The molecule has 1 N–H and O–H groups in total. The van der Waals surface area contributed by atoms with Gasteiger partial charge in [0.25, 0.3) is 0 Å². The quantitative estimate of drug-likeness (QED) is 0.629. The van der Waals surface area contributed by atoms with Gasteiger partial charge >= 0.3 is 0 Å². The first-order valence-electron chi connectivity index (χ1n) is 5.36. The molecular weight excluding hydrogens is 270 g/mol. The van der Waals surface area contributed by atoms with E-state index in [0.29, 0.717) is 5.25 Å². The Kier molecular flexibility index (Phi) is 6.37. The number of nitrogens with one attached hydrogen (secondary N) is 1. The Hall–Kier alpha value is 0.01000. The van der Waals surface area contributed by atoms with Gasteiger partial charge < -0.3 is 5.32 Å². The molecule has 15 heavy (non-hydrogen) atoms. The molecule has 0 fully saturated rings. The van der Waals surface area contributed by atoms with Crippen molar-refractivity contribution in [3.63, 3.8) is 0 Å². The average Bonchev–Trinajstić information content (AvgIpc) is 2.22. The Morgan fingerprint density at radius 3 is 2.80 bits per heavy atom. The van der Waals surface area contributed by atoms with Crippen LogP contribution in [0.4, 0.5) is 0 Å². The molecule has 1 nitrogen and oxygen atoms in total. The lowest BCUT2D eigenvalue weighted by atomic mass is 10.4. The molecule has 0 aliphatic rings. The van der Waals surface area contributed by atoms with Crippen molar-refractivity contribution < 1.29 is 0 Å². The molecule has 0 heterocycles. The standard InChI is InChI=1S/C12H18BrNS/c1-3-8-14-9-10(2)15-12-7-5-4-6-11(12)13/h4-7,10,14H,3,8-9H2,1-2H3. The Morgan fingerprint density at radius 2 is 2.13 bits per heavy atom. The number of hydrogen-bond acceptors (Lipinski definition) is 2. The van der Waals surface area contributed by atoms with E-state index in [0.717, 1.165) is 13.1 Å². The summed E-state index contributed by atoms with van der Waals surface area (Å²) in [7, 11) is 0. The molecule has 84 valence electrons. The zero-order valence-corrected chi connectivity index (χ0v) is 11.7. The molecule has 1 unspecified atom stereocenters. The molecule has 0 radical (unpaired) electrons. The van der Waals surface area contributed by atoms with Crippen LogP contribution in [0.15, 0.2) is 33.6 Å². The van der Waals surface area contributed by atoms with Crippen molar-refractivity contribution in [2.75, 3.05) is 13.1 Å². The van der Waals surface area contributed by atoms with Gasteiger partial charge in [-0.25, -0.2) is 0 Å². The summed E-state index contributed by atoms with van der Waals surface area (Å²) in [5.41, 5.74) is 0. The fraction of sp³-hybridized carbons (Fsp3) is 0.500. The third kappa shape index (κ3) is 5.05. The van der Waals surface area contributed by atoms with E-state index in [4.69, 9.17) is 0 Å². The lowest BCUT2D eigenvalue weighted by molar-refractivity contribution is 0.669. The van der Waals surface area contributed by atoms with Crippen LogP contribution in [-0.2, 0) is 0 Å². The van der Waals surface area contributed by atoms with Crippen LogP contribution in [-0.4, -0.2) is 18.3 Å². The zero-order valence-electron chi connectivity index (χ0n) is 9.29. The summed E-state index contributed by atoms with van der Waals surface area (Å²) in [6, 6.07) is 8.38. The van der Waals surface area contributed by atoms with Gasteiger partial charge in [-0.15, -0.1) is 11.8 Å². The predicted molar refractivity (Wildman–Crippen MR) is 72.6 cm³/mol. The van der Waals surface area contributed by atoms with E-state index in [-0.39, 0.29) is 0 Å². The second-order valence-corrected chi connectivity index (χ2v) is 5.90. The lowest BCUT2D eigenvalue weighted by Crippen LogP contribution is -2.23. The topological polar surface area (TPSA) is 12.0 Å². The van der Waals surface area contributed by atoms with Crippen LogP contribution < -0.4 is 5.32 Å². The average molecular weight is 288 g/mol. The molecule has 0 aliphatic heterocycles. The summed E-state index contributed by atoms with van der Waals surface area (Å²) in [4.78, 5) is 1.32. The first-order valence-corrected chi connectivity index (χ1v) is 7.03. The summed E-state index contributed by atoms with van der Waals surface area (Å²) >= 11 is 5.48. The monoisotopic (exact) mass is 287 g/mol. The number of halogens is 1. The highest BCUT2D eigenvalue weighted by molar-refractivity contribution is 9.10. The summed E-state index contributed by atoms with van der Waals surface area (Å²) in [6.45, 7) is 6.63. The highest BCUT2D eigenvalue weighted by Crippen LogP contribution is 2.29. The number of benzene rings is 1. The van der Waals surface area contributed by atoms with Gasteiger partial charge in [0.15, 0.2) is 0 Å². The SMILES string of the molecule is CCCNCC(C)Sc1ccccc1Br. The van der Waals surface area contributed by atoms with Crippen LogP contribution >= 0.6 is 27.7 Å². The number of rotatable bonds is 6. The number of thioether (sulfide) groups is 1. The van der Waals surface area contributed by atoms with Gasteiger partial charge in [-0.1, -0.05) is 26.0 Å². The molecule has 1 atom stereocenters. The highest BCUT2D eigenvalue weighted by atomic mass is 79.9. The third-order valence-electron chi connectivity index (χ3n) is 2.02. The maximum Gasteiger partial charge on any atom is 0.0311 e. The van der Waals surface area contributed by atoms with Crippen molar-refractivity contribution in [1.29, 1.82) is 0 Å². The fourth-order valence-corrected chi connectivity index (χ4v) is 2.82. The number of hydrogen-bond donors (Lipinski definition) is 1.